The van der Waals surface area contributed by atoms with Gasteiger partial charge in [-0.25, -0.2) is 0 Å². The highest BCUT2D eigenvalue weighted by molar-refractivity contribution is 6.35. The van der Waals surface area contributed by atoms with Crippen LogP contribution in [0.15, 0.2) is 16.9 Å². The molecular weight excluding hydrogens is 338 g/mol. The third-order valence-corrected chi connectivity index (χ3v) is 5.91. The molecule has 1 atom stereocenters. The molecule has 0 bridgehead atoms. The van der Waals surface area contributed by atoms with Gasteiger partial charge < -0.3 is 19.5 Å². The zero-order valence-corrected chi connectivity index (χ0v) is 16.2. The molecule has 0 saturated carbocycles. The average Bonchev–Trinajstić information content (AvgIpc) is 2.59. The summed E-state index contributed by atoms with van der Waals surface area (Å²) in [6.45, 7) is 5.09. The van der Waals surface area contributed by atoms with Gasteiger partial charge in [-0.05, 0) is 19.1 Å². The van der Waals surface area contributed by atoms with Crippen molar-refractivity contribution in [2.45, 2.75) is 32.4 Å². The van der Waals surface area contributed by atoms with Crippen LogP contribution in [0.4, 0.5) is 0 Å². The van der Waals surface area contributed by atoms with E-state index in [1.54, 1.807) is 24.1 Å². The number of H-pyrrole nitrogens is 1. The monoisotopic (exact) mass is 365 g/mol. The second-order valence-corrected chi connectivity index (χ2v) is 7.72. The van der Waals surface area contributed by atoms with Gasteiger partial charge in [0.15, 0.2) is 5.43 Å². The van der Waals surface area contributed by atoms with E-state index in [9.17, 15) is 4.79 Å². The number of aromatic amines is 1. The van der Waals surface area contributed by atoms with Crippen molar-refractivity contribution in [1.29, 1.82) is 0 Å². The normalized spacial score (nSPS) is 22.1. The molecular formula is C19H28ClN3O2+2. The maximum atomic E-state index is 13.1. The van der Waals surface area contributed by atoms with Gasteiger partial charge >= 0.3 is 0 Å². The van der Waals surface area contributed by atoms with E-state index in [1.807, 2.05) is 6.92 Å². The summed E-state index contributed by atoms with van der Waals surface area (Å²) < 4.78 is 5.38. The number of fused-ring (bicyclic) bond motifs is 1. The number of pyridine rings is 1. The fourth-order valence-corrected chi connectivity index (χ4v) is 4.14. The van der Waals surface area contributed by atoms with Crippen LogP contribution in [0.2, 0.25) is 5.02 Å². The van der Waals surface area contributed by atoms with Crippen LogP contribution >= 0.6 is 11.6 Å². The molecule has 25 heavy (non-hydrogen) atoms. The number of aryl methyl sites for hydroxylation is 1. The molecule has 1 fully saturated rings. The quantitative estimate of drug-likeness (QED) is 0.724. The standard InChI is InChI=1S/C19H26ClN3O2/c1-12-14(11-23(3)13-7-9-22(2)10-8-13)19(24)17-15(20)5-6-16(25-4)18(17)21-12/h5-6,13H,7-11H2,1-4H3,(H,21,24)/p+2. The highest BCUT2D eigenvalue weighted by Gasteiger charge is 2.27. The summed E-state index contributed by atoms with van der Waals surface area (Å²) in [5.41, 5.74) is 2.43. The molecule has 1 aliphatic heterocycles. The Kier molecular flexibility index (Phi) is 5.37. The predicted octanol–water partition coefficient (Wildman–Crippen LogP) is 0.190. The number of methoxy groups -OCH3 is 1. The van der Waals surface area contributed by atoms with Crippen molar-refractivity contribution in [3.05, 3.63) is 38.6 Å². The van der Waals surface area contributed by atoms with Crippen LogP contribution in [0.5, 0.6) is 5.75 Å². The van der Waals surface area contributed by atoms with Crippen LogP contribution in [-0.2, 0) is 6.54 Å². The number of quaternary nitrogens is 2. The lowest BCUT2D eigenvalue weighted by molar-refractivity contribution is -0.948. The van der Waals surface area contributed by atoms with Gasteiger partial charge in [0.25, 0.3) is 0 Å². The first-order valence-corrected chi connectivity index (χ1v) is 9.31. The summed E-state index contributed by atoms with van der Waals surface area (Å²) in [4.78, 5) is 19.5. The first-order chi connectivity index (χ1) is 11.9. The molecule has 6 heteroatoms. The molecule has 0 radical (unpaired) electrons. The van der Waals surface area contributed by atoms with Crippen molar-refractivity contribution in [2.24, 2.45) is 0 Å². The Morgan fingerprint density at radius 2 is 2.04 bits per heavy atom. The summed E-state index contributed by atoms with van der Waals surface area (Å²) in [5, 5.41) is 1.00. The van der Waals surface area contributed by atoms with Crippen LogP contribution in [0.25, 0.3) is 10.9 Å². The number of ether oxygens (including phenoxy) is 1. The molecule has 1 aromatic heterocycles. The molecule has 136 valence electrons. The fourth-order valence-electron chi connectivity index (χ4n) is 3.90. The molecule has 3 rings (SSSR count). The maximum Gasteiger partial charge on any atom is 0.200 e. The first-order valence-electron chi connectivity index (χ1n) is 8.94. The van der Waals surface area contributed by atoms with Gasteiger partial charge in [0.2, 0.25) is 0 Å². The van der Waals surface area contributed by atoms with Crippen molar-refractivity contribution in [1.82, 2.24) is 4.98 Å². The molecule has 3 N–H and O–H groups in total. The Morgan fingerprint density at radius 3 is 2.68 bits per heavy atom. The third-order valence-electron chi connectivity index (χ3n) is 5.59. The summed E-state index contributed by atoms with van der Waals surface area (Å²) in [7, 11) is 6.05. The van der Waals surface area contributed by atoms with Crippen LogP contribution in [0.3, 0.4) is 0 Å². The molecule has 2 aromatic rings. The van der Waals surface area contributed by atoms with Crippen molar-refractivity contribution in [2.75, 3.05) is 34.3 Å². The SMILES string of the molecule is COc1ccc(Cl)c2c(=O)c(C[NH+](C)C3CC[NH+](C)CC3)c(C)[nH]c12. The molecule has 2 heterocycles. The largest absolute Gasteiger partial charge is 0.495 e. The number of piperidine rings is 1. The summed E-state index contributed by atoms with van der Waals surface area (Å²) in [6.07, 6.45) is 2.41. The average molecular weight is 366 g/mol. The topological polar surface area (TPSA) is 51.0 Å². The van der Waals surface area contributed by atoms with E-state index in [4.69, 9.17) is 16.3 Å². The van der Waals surface area contributed by atoms with E-state index in [0.29, 0.717) is 34.3 Å². The number of aromatic nitrogens is 1. The Hall–Kier alpha value is -1.56. The second-order valence-electron chi connectivity index (χ2n) is 7.31. The van der Waals surface area contributed by atoms with Crippen molar-refractivity contribution in [3.63, 3.8) is 0 Å². The van der Waals surface area contributed by atoms with Crippen molar-refractivity contribution >= 4 is 22.5 Å². The molecule has 0 aliphatic carbocycles. The fraction of sp³-hybridized carbons (Fsp3) is 0.526. The summed E-state index contributed by atoms with van der Waals surface area (Å²) in [5.74, 6) is 0.644. The highest BCUT2D eigenvalue weighted by atomic mass is 35.5. The van der Waals surface area contributed by atoms with Crippen LogP contribution in [-0.4, -0.2) is 45.3 Å². The number of halogens is 1. The van der Waals surface area contributed by atoms with E-state index in [1.165, 1.54) is 30.8 Å². The first kappa shape index (κ1) is 18.2. The second kappa shape index (κ2) is 7.36. The van der Waals surface area contributed by atoms with Gasteiger partial charge in [0.05, 0.1) is 61.8 Å². The van der Waals surface area contributed by atoms with Gasteiger partial charge in [0.1, 0.15) is 12.3 Å². The number of nitrogens with one attached hydrogen (secondary N) is 3. The third kappa shape index (κ3) is 3.54. The molecule has 1 aliphatic rings. The number of likely N-dealkylation sites (tertiary alicyclic amines) is 1. The zero-order valence-electron chi connectivity index (χ0n) is 15.5. The predicted molar refractivity (Wildman–Crippen MR) is 101 cm³/mol. The van der Waals surface area contributed by atoms with Crippen molar-refractivity contribution in [3.8, 4) is 5.75 Å². The van der Waals surface area contributed by atoms with Crippen molar-refractivity contribution < 1.29 is 14.5 Å². The molecule has 1 aromatic carbocycles. The van der Waals surface area contributed by atoms with Crippen LogP contribution < -0.4 is 20.0 Å². The Bertz CT molecular complexity index is 826. The Labute approximate surface area is 153 Å². The van der Waals surface area contributed by atoms with E-state index >= 15 is 0 Å². The van der Waals surface area contributed by atoms with Gasteiger partial charge in [-0.15, -0.1) is 0 Å². The molecule has 0 spiro atoms. The number of benzene rings is 1. The molecule has 1 saturated heterocycles. The molecule has 1 unspecified atom stereocenters. The van der Waals surface area contributed by atoms with E-state index < -0.39 is 0 Å². The minimum Gasteiger partial charge on any atom is -0.495 e. The Balaban J connectivity index is 1.97. The van der Waals surface area contributed by atoms with Crippen LogP contribution in [0.1, 0.15) is 24.1 Å². The molecule has 0 amide bonds. The number of rotatable bonds is 4. The smallest absolute Gasteiger partial charge is 0.200 e. The lowest BCUT2D eigenvalue weighted by Gasteiger charge is -2.30. The Morgan fingerprint density at radius 1 is 1.36 bits per heavy atom. The lowest BCUT2D eigenvalue weighted by atomic mass is 10.0. The maximum absolute atomic E-state index is 13.1. The summed E-state index contributed by atoms with van der Waals surface area (Å²) >= 11 is 6.33. The summed E-state index contributed by atoms with van der Waals surface area (Å²) in [6, 6.07) is 4.13. The minimum absolute atomic E-state index is 0.0213. The van der Waals surface area contributed by atoms with Gasteiger partial charge in [-0.3, -0.25) is 4.79 Å². The van der Waals surface area contributed by atoms with E-state index in [-0.39, 0.29) is 5.43 Å². The molecule has 5 nitrogen and oxygen atoms in total. The van der Waals surface area contributed by atoms with Crippen LogP contribution in [0, 0.1) is 6.92 Å². The number of hydrogen-bond donors (Lipinski definition) is 3. The van der Waals surface area contributed by atoms with E-state index in [0.717, 1.165) is 11.3 Å². The zero-order chi connectivity index (χ0) is 18.1. The lowest BCUT2D eigenvalue weighted by Crippen LogP contribution is -3.17. The van der Waals surface area contributed by atoms with Gasteiger partial charge in [-0.1, -0.05) is 11.6 Å². The minimum atomic E-state index is 0.0213. The van der Waals surface area contributed by atoms with Gasteiger partial charge in [-0.2, -0.15) is 0 Å². The number of hydrogen-bond acceptors (Lipinski definition) is 2. The highest BCUT2D eigenvalue weighted by Crippen LogP contribution is 2.28. The van der Waals surface area contributed by atoms with E-state index in [2.05, 4.69) is 19.1 Å². The van der Waals surface area contributed by atoms with Gasteiger partial charge in [0, 0.05) is 18.5 Å².